The molecule has 0 aromatic carbocycles. The van der Waals surface area contributed by atoms with Crippen LogP contribution in [0.4, 0.5) is 0 Å². The van der Waals surface area contributed by atoms with Crippen LogP contribution in [0.5, 0.6) is 0 Å². The lowest BCUT2D eigenvalue weighted by Gasteiger charge is -2.18. The summed E-state index contributed by atoms with van der Waals surface area (Å²) < 4.78 is 17.0. The second kappa shape index (κ2) is 68.8. The Morgan fingerprint density at radius 1 is 0.259 bits per heavy atom. The van der Waals surface area contributed by atoms with E-state index in [0.717, 1.165) is 122 Å². The number of carbonyl (C=O) groups is 3. The Bertz CT molecular complexity index is 1580. The number of allylic oxidation sites excluding steroid dienone is 16. The van der Waals surface area contributed by atoms with Crippen molar-refractivity contribution >= 4 is 17.9 Å². The molecule has 0 aromatic rings. The summed E-state index contributed by atoms with van der Waals surface area (Å²) in [7, 11) is 0. The van der Waals surface area contributed by atoms with E-state index in [4.69, 9.17) is 14.2 Å². The van der Waals surface area contributed by atoms with Crippen molar-refractivity contribution in [2.75, 3.05) is 13.2 Å². The Kier molecular flexibility index (Phi) is 65.7. The van der Waals surface area contributed by atoms with Gasteiger partial charge in [-0.2, -0.15) is 0 Å². The standard InChI is InChI=1S/C75H130O6/c1-4-7-10-13-16-19-22-25-28-31-33-35-36-37-38-40-41-44-47-50-53-56-59-62-65-68-74(77)80-71-72(70-79-73(76)67-64-61-58-55-52-49-46-43-30-27-24-21-18-15-12-9-6-3)81-75(78)69-66-63-60-57-54-51-48-45-42-39-34-32-29-26-23-20-17-14-11-8-5-2/h8,11,17-18,20-21,26-27,29-31,33-34,39,45,48,72H,4-7,9-10,12-16,19,22-25,28,32,35-38,40-44,46-47,49-71H2,1-3H3/b11-8-,20-17-,21-18-,29-26-,30-27-,33-31-,39-34-,48-45-. The van der Waals surface area contributed by atoms with Crippen molar-refractivity contribution in [3.8, 4) is 0 Å². The third-order valence-electron chi connectivity index (χ3n) is 15.0. The maximum Gasteiger partial charge on any atom is 0.306 e. The largest absolute Gasteiger partial charge is 0.462 e. The maximum atomic E-state index is 13.0. The first-order valence-corrected chi connectivity index (χ1v) is 34.7. The lowest BCUT2D eigenvalue weighted by molar-refractivity contribution is -0.167. The van der Waals surface area contributed by atoms with Crippen LogP contribution in [0, 0.1) is 0 Å². The van der Waals surface area contributed by atoms with Gasteiger partial charge in [-0.25, -0.2) is 0 Å². The predicted molar refractivity (Wildman–Crippen MR) is 353 cm³/mol. The molecule has 0 saturated carbocycles. The van der Waals surface area contributed by atoms with E-state index in [1.807, 2.05) is 0 Å². The van der Waals surface area contributed by atoms with Gasteiger partial charge in [0.25, 0.3) is 0 Å². The highest BCUT2D eigenvalue weighted by atomic mass is 16.6. The van der Waals surface area contributed by atoms with Crippen LogP contribution in [0.15, 0.2) is 97.2 Å². The first-order valence-electron chi connectivity index (χ1n) is 34.7. The van der Waals surface area contributed by atoms with Crippen molar-refractivity contribution in [1.29, 1.82) is 0 Å². The molecule has 0 rings (SSSR count). The SMILES string of the molecule is CC/C=C\C/C=C\C/C=C\C/C=C\C/C=C\CCCCCCCC(=O)OC(COC(=O)CCCCCCCCC/C=C\C/C=C\CCCCC)COC(=O)CCCCCCCCCCCCCCC/C=C\CCCCCCCCCC. The van der Waals surface area contributed by atoms with E-state index < -0.39 is 6.10 Å². The fraction of sp³-hybridized carbons (Fsp3) is 0.747. The van der Waals surface area contributed by atoms with Crippen LogP contribution < -0.4 is 0 Å². The van der Waals surface area contributed by atoms with Crippen LogP contribution in [0.3, 0.4) is 0 Å². The van der Waals surface area contributed by atoms with E-state index >= 15 is 0 Å². The van der Waals surface area contributed by atoms with Crippen molar-refractivity contribution in [2.45, 2.75) is 348 Å². The summed E-state index contributed by atoms with van der Waals surface area (Å²) in [6, 6.07) is 0. The zero-order valence-electron chi connectivity index (χ0n) is 53.5. The quantitative estimate of drug-likeness (QED) is 0.0261. The van der Waals surface area contributed by atoms with Crippen LogP contribution in [0.25, 0.3) is 0 Å². The van der Waals surface area contributed by atoms with Gasteiger partial charge in [0.2, 0.25) is 0 Å². The van der Waals surface area contributed by atoms with Crippen LogP contribution in [-0.2, 0) is 28.6 Å². The molecule has 0 aliphatic rings. The molecule has 1 unspecified atom stereocenters. The number of carbonyl (C=O) groups excluding carboxylic acids is 3. The van der Waals surface area contributed by atoms with Crippen molar-refractivity contribution < 1.29 is 28.6 Å². The number of hydrogen-bond acceptors (Lipinski definition) is 6. The summed E-state index contributed by atoms with van der Waals surface area (Å²) in [6.45, 7) is 6.52. The predicted octanol–water partition coefficient (Wildman–Crippen LogP) is 24.0. The maximum absolute atomic E-state index is 13.0. The molecule has 0 aromatic heterocycles. The van der Waals surface area contributed by atoms with Gasteiger partial charge in [-0.1, -0.05) is 298 Å². The van der Waals surface area contributed by atoms with Crippen molar-refractivity contribution in [3.63, 3.8) is 0 Å². The normalized spacial score (nSPS) is 12.7. The average molecular weight is 1130 g/mol. The third kappa shape index (κ3) is 67.0. The second-order valence-electron chi connectivity index (χ2n) is 23.1. The molecule has 6 nitrogen and oxygen atoms in total. The summed E-state index contributed by atoms with van der Waals surface area (Å²) in [5.74, 6) is -0.900. The van der Waals surface area contributed by atoms with E-state index in [1.54, 1.807) is 0 Å². The van der Waals surface area contributed by atoms with Gasteiger partial charge >= 0.3 is 17.9 Å². The van der Waals surface area contributed by atoms with Gasteiger partial charge in [0.05, 0.1) is 0 Å². The molecule has 0 N–H and O–H groups in total. The highest BCUT2D eigenvalue weighted by molar-refractivity contribution is 5.71. The van der Waals surface area contributed by atoms with Gasteiger partial charge in [0.1, 0.15) is 13.2 Å². The minimum absolute atomic E-state index is 0.0869. The summed E-state index contributed by atoms with van der Waals surface area (Å²) >= 11 is 0. The molecule has 0 saturated heterocycles. The topological polar surface area (TPSA) is 78.9 Å². The lowest BCUT2D eigenvalue weighted by atomic mass is 10.0. The third-order valence-corrected chi connectivity index (χ3v) is 15.0. The second-order valence-corrected chi connectivity index (χ2v) is 23.1. The van der Waals surface area contributed by atoms with E-state index in [9.17, 15) is 14.4 Å². The molecule has 0 heterocycles. The zero-order chi connectivity index (χ0) is 58.5. The van der Waals surface area contributed by atoms with Gasteiger partial charge in [-0.3, -0.25) is 14.4 Å². The molecular formula is C75H130O6. The Balaban J connectivity index is 4.38. The van der Waals surface area contributed by atoms with Gasteiger partial charge in [0.15, 0.2) is 6.10 Å². The molecule has 0 spiro atoms. The Labute approximate surface area is 502 Å². The summed E-state index contributed by atoms with van der Waals surface area (Å²) in [4.78, 5) is 38.5. The number of esters is 3. The molecule has 6 heteroatoms. The summed E-state index contributed by atoms with van der Waals surface area (Å²) in [5.41, 5.74) is 0. The minimum Gasteiger partial charge on any atom is -0.462 e. The van der Waals surface area contributed by atoms with E-state index in [2.05, 4.69) is 118 Å². The van der Waals surface area contributed by atoms with Gasteiger partial charge in [-0.15, -0.1) is 0 Å². The average Bonchev–Trinajstić information content (AvgIpc) is 3.47. The number of ether oxygens (including phenoxy) is 3. The Morgan fingerprint density at radius 2 is 0.481 bits per heavy atom. The van der Waals surface area contributed by atoms with E-state index in [-0.39, 0.29) is 31.1 Å². The first kappa shape index (κ1) is 77.3. The van der Waals surface area contributed by atoms with Gasteiger partial charge in [0, 0.05) is 19.3 Å². The molecule has 1 atom stereocenters. The molecule has 0 bridgehead atoms. The molecule has 0 radical (unpaired) electrons. The highest BCUT2D eigenvalue weighted by Gasteiger charge is 2.19. The van der Waals surface area contributed by atoms with Crippen LogP contribution >= 0.6 is 0 Å². The first-order chi connectivity index (χ1) is 40.0. The lowest BCUT2D eigenvalue weighted by Crippen LogP contribution is -2.30. The number of rotatable bonds is 63. The number of unbranched alkanes of at least 4 members (excludes halogenated alkanes) is 36. The molecule has 0 aliphatic heterocycles. The molecule has 0 fully saturated rings. The molecule has 0 amide bonds. The molecule has 0 aliphatic carbocycles. The Hall–Kier alpha value is -3.67. The van der Waals surface area contributed by atoms with Gasteiger partial charge < -0.3 is 14.2 Å². The van der Waals surface area contributed by atoms with Gasteiger partial charge in [-0.05, 0) is 122 Å². The fourth-order valence-corrected chi connectivity index (χ4v) is 9.85. The van der Waals surface area contributed by atoms with Crippen LogP contribution in [-0.4, -0.2) is 37.2 Å². The molecule has 81 heavy (non-hydrogen) atoms. The highest BCUT2D eigenvalue weighted by Crippen LogP contribution is 2.17. The zero-order valence-corrected chi connectivity index (χ0v) is 53.5. The Morgan fingerprint density at radius 3 is 0.790 bits per heavy atom. The number of hydrogen-bond donors (Lipinski definition) is 0. The van der Waals surface area contributed by atoms with E-state index in [0.29, 0.717) is 19.3 Å². The minimum atomic E-state index is -0.794. The molecule has 466 valence electrons. The summed E-state index contributed by atoms with van der Waals surface area (Å²) in [6.07, 6.45) is 92.8. The van der Waals surface area contributed by atoms with Crippen molar-refractivity contribution in [3.05, 3.63) is 97.2 Å². The van der Waals surface area contributed by atoms with Crippen LogP contribution in [0.1, 0.15) is 342 Å². The van der Waals surface area contributed by atoms with Crippen LogP contribution in [0.2, 0.25) is 0 Å². The van der Waals surface area contributed by atoms with E-state index in [1.165, 1.54) is 180 Å². The van der Waals surface area contributed by atoms with Crippen molar-refractivity contribution in [1.82, 2.24) is 0 Å². The van der Waals surface area contributed by atoms with Crippen molar-refractivity contribution in [2.24, 2.45) is 0 Å². The smallest absolute Gasteiger partial charge is 0.306 e. The fourth-order valence-electron chi connectivity index (χ4n) is 9.85. The monoisotopic (exact) mass is 1130 g/mol. The summed E-state index contributed by atoms with van der Waals surface area (Å²) in [5, 5.41) is 0. The molecular weight excluding hydrogens is 997 g/mol.